The molecule has 2 heteroatoms. The molecule has 2 nitrogen and oxygen atoms in total. The van der Waals surface area contributed by atoms with Crippen LogP contribution in [0.5, 0.6) is 11.5 Å². The lowest BCUT2D eigenvalue weighted by Crippen LogP contribution is -2.15. The van der Waals surface area contributed by atoms with Crippen molar-refractivity contribution in [2.75, 3.05) is 13.2 Å². The zero-order valence-electron chi connectivity index (χ0n) is 12.4. The maximum atomic E-state index is 5.86. The number of hydrogen-bond donors (Lipinski definition) is 0. The molecule has 0 unspecified atom stereocenters. The molecule has 106 valence electrons. The normalized spacial score (nSPS) is 11.2. The van der Waals surface area contributed by atoms with Crippen LogP contribution in [0.15, 0.2) is 54.6 Å². The van der Waals surface area contributed by atoms with Crippen molar-refractivity contribution in [2.45, 2.75) is 26.2 Å². The van der Waals surface area contributed by atoms with Crippen molar-refractivity contribution in [2.24, 2.45) is 0 Å². The fraction of sp³-hybridized carbons (Fsp3) is 0.333. The van der Waals surface area contributed by atoms with Crippen molar-refractivity contribution < 1.29 is 9.47 Å². The highest BCUT2D eigenvalue weighted by Gasteiger charge is 2.18. The maximum Gasteiger partial charge on any atom is 0.123 e. The van der Waals surface area contributed by atoms with Crippen LogP contribution in [0, 0.1) is 0 Å². The van der Waals surface area contributed by atoms with Gasteiger partial charge in [0.15, 0.2) is 0 Å². The molecular formula is C18H22O2. The Morgan fingerprint density at radius 2 is 1.35 bits per heavy atom. The van der Waals surface area contributed by atoms with Gasteiger partial charge in [-0.25, -0.2) is 0 Å². The molecule has 0 aliphatic rings. The highest BCUT2D eigenvalue weighted by Crippen LogP contribution is 2.30. The molecule has 2 aromatic carbocycles. The van der Waals surface area contributed by atoms with Gasteiger partial charge in [0.2, 0.25) is 0 Å². The third-order valence-corrected chi connectivity index (χ3v) is 3.05. The molecule has 0 spiro atoms. The van der Waals surface area contributed by atoms with Crippen LogP contribution in [0.1, 0.15) is 26.3 Å². The predicted molar refractivity (Wildman–Crippen MR) is 82.6 cm³/mol. The van der Waals surface area contributed by atoms with Gasteiger partial charge in [-0.2, -0.15) is 0 Å². The lowest BCUT2D eigenvalue weighted by atomic mass is 9.86. The summed E-state index contributed by atoms with van der Waals surface area (Å²) in [5.41, 5.74) is 1.30. The molecule has 2 aromatic rings. The second kappa shape index (κ2) is 6.47. The number of hydrogen-bond acceptors (Lipinski definition) is 2. The number of benzene rings is 2. The highest BCUT2D eigenvalue weighted by atomic mass is 16.5. The maximum absolute atomic E-state index is 5.86. The topological polar surface area (TPSA) is 18.5 Å². The van der Waals surface area contributed by atoms with E-state index in [0.29, 0.717) is 13.2 Å². The molecule has 0 saturated carbocycles. The number of ether oxygens (including phenoxy) is 2. The average molecular weight is 270 g/mol. The first-order chi connectivity index (χ1) is 9.57. The highest BCUT2D eigenvalue weighted by molar-refractivity contribution is 5.38. The van der Waals surface area contributed by atoms with E-state index in [1.807, 2.05) is 48.5 Å². The van der Waals surface area contributed by atoms with Crippen molar-refractivity contribution in [3.8, 4) is 11.5 Å². The minimum absolute atomic E-state index is 0.0802. The van der Waals surface area contributed by atoms with Crippen LogP contribution in [-0.2, 0) is 5.41 Å². The minimum Gasteiger partial charge on any atom is -0.490 e. The standard InChI is InChI=1S/C18H22O2/c1-18(2,3)16-11-7-8-12-17(16)20-14-13-19-15-9-5-4-6-10-15/h4-12H,13-14H2,1-3H3. The van der Waals surface area contributed by atoms with Gasteiger partial charge in [0.1, 0.15) is 24.7 Å². The Bertz CT molecular complexity index is 527. The van der Waals surface area contributed by atoms with Crippen LogP contribution < -0.4 is 9.47 Å². The van der Waals surface area contributed by atoms with E-state index in [1.54, 1.807) is 0 Å². The molecule has 0 atom stereocenters. The molecule has 0 aliphatic carbocycles. The molecule has 2 rings (SSSR count). The Hall–Kier alpha value is -1.96. The summed E-state index contributed by atoms with van der Waals surface area (Å²) >= 11 is 0. The van der Waals surface area contributed by atoms with Crippen molar-refractivity contribution in [1.82, 2.24) is 0 Å². The lowest BCUT2D eigenvalue weighted by Gasteiger charge is -2.22. The fourth-order valence-electron chi connectivity index (χ4n) is 2.04. The van der Waals surface area contributed by atoms with Crippen LogP contribution in [0.3, 0.4) is 0 Å². The van der Waals surface area contributed by atoms with Gasteiger partial charge < -0.3 is 9.47 Å². The molecule has 0 radical (unpaired) electrons. The van der Waals surface area contributed by atoms with Gasteiger partial charge >= 0.3 is 0 Å². The van der Waals surface area contributed by atoms with E-state index >= 15 is 0 Å². The van der Waals surface area contributed by atoms with Crippen LogP contribution in [0.4, 0.5) is 0 Å². The van der Waals surface area contributed by atoms with Gasteiger partial charge in [0, 0.05) is 0 Å². The van der Waals surface area contributed by atoms with Gasteiger partial charge in [-0.3, -0.25) is 0 Å². The summed E-state index contributed by atoms with van der Waals surface area (Å²) in [6.45, 7) is 7.66. The number of para-hydroxylation sites is 2. The van der Waals surface area contributed by atoms with E-state index < -0.39 is 0 Å². The van der Waals surface area contributed by atoms with E-state index in [-0.39, 0.29) is 5.41 Å². The Balaban J connectivity index is 1.89. The molecule has 0 saturated heterocycles. The smallest absolute Gasteiger partial charge is 0.123 e. The first kappa shape index (κ1) is 14.4. The molecule has 20 heavy (non-hydrogen) atoms. The third kappa shape index (κ3) is 4.02. The van der Waals surface area contributed by atoms with E-state index in [9.17, 15) is 0 Å². The summed E-state index contributed by atoms with van der Waals surface area (Å²) in [6, 6.07) is 18.0. The van der Waals surface area contributed by atoms with Gasteiger partial charge in [0.05, 0.1) is 0 Å². The molecule has 0 fully saturated rings. The third-order valence-electron chi connectivity index (χ3n) is 3.05. The summed E-state index contributed by atoms with van der Waals surface area (Å²) in [5.74, 6) is 1.82. The van der Waals surface area contributed by atoms with Crippen LogP contribution in [0.2, 0.25) is 0 Å². The first-order valence-corrected chi connectivity index (χ1v) is 6.97. The average Bonchev–Trinajstić information content (AvgIpc) is 2.44. The summed E-state index contributed by atoms with van der Waals surface area (Å²) in [5, 5.41) is 0. The van der Waals surface area contributed by atoms with Crippen molar-refractivity contribution >= 4 is 0 Å². The minimum atomic E-state index is 0.0802. The second-order valence-corrected chi connectivity index (χ2v) is 5.76. The molecule has 0 N–H and O–H groups in total. The van der Waals surface area contributed by atoms with Crippen LogP contribution in [0.25, 0.3) is 0 Å². The van der Waals surface area contributed by atoms with Crippen molar-refractivity contribution in [3.05, 3.63) is 60.2 Å². The zero-order valence-corrected chi connectivity index (χ0v) is 12.4. The molecule has 0 amide bonds. The summed E-state index contributed by atoms with van der Waals surface area (Å²) in [6.07, 6.45) is 0. The molecule has 0 aliphatic heterocycles. The van der Waals surface area contributed by atoms with E-state index in [4.69, 9.17) is 9.47 Å². The van der Waals surface area contributed by atoms with Gasteiger partial charge in [0.25, 0.3) is 0 Å². The van der Waals surface area contributed by atoms with Crippen molar-refractivity contribution in [1.29, 1.82) is 0 Å². The predicted octanol–water partition coefficient (Wildman–Crippen LogP) is 4.44. The Morgan fingerprint density at radius 1 is 0.750 bits per heavy atom. The quantitative estimate of drug-likeness (QED) is 0.748. The largest absolute Gasteiger partial charge is 0.490 e. The van der Waals surface area contributed by atoms with Crippen LogP contribution in [-0.4, -0.2) is 13.2 Å². The summed E-state index contributed by atoms with van der Waals surface area (Å²) in [4.78, 5) is 0. The van der Waals surface area contributed by atoms with Gasteiger partial charge in [-0.1, -0.05) is 57.2 Å². The monoisotopic (exact) mass is 270 g/mol. The van der Waals surface area contributed by atoms with E-state index in [1.165, 1.54) is 5.56 Å². The van der Waals surface area contributed by atoms with Crippen LogP contribution >= 0.6 is 0 Å². The molecule has 0 aromatic heterocycles. The zero-order chi connectivity index (χ0) is 14.4. The SMILES string of the molecule is CC(C)(C)c1ccccc1OCCOc1ccccc1. The van der Waals surface area contributed by atoms with E-state index in [0.717, 1.165) is 11.5 Å². The summed E-state index contributed by atoms with van der Waals surface area (Å²) < 4.78 is 11.5. The second-order valence-electron chi connectivity index (χ2n) is 5.76. The first-order valence-electron chi connectivity index (χ1n) is 6.97. The van der Waals surface area contributed by atoms with Gasteiger partial charge in [-0.05, 0) is 29.2 Å². The molecule has 0 heterocycles. The Morgan fingerprint density at radius 3 is 2.05 bits per heavy atom. The number of rotatable bonds is 5. The van der Waals surface area contributed by atoms with Crippen molar-refractivity contribution in [3.63, 3.8) is 0 Å². The molecular weight excluding hydrogens is 248 g/mol. The Kier molecular flexibility index (Phi) is 4.67. The fourth-order valence-corrected chi connectivity index (χ4v) is 2.04. The molecule has 0 bridgehead atoms. The van der Waals surface area contributed by atoms with Gasteiger partial charge in [-0.15, -0.1) is 0 Å². The lowest BCUT2D eigenvalue weighted by molar-refractivity contribution is 0.214. The summed E-state index contributed by atoms with van der Waals surface area (Å²) in [7, 11) is 0. The van der Waals surface area contributed by atoms with E-state index in [2.05, 4.69) is 26.8 Å². The Labute approximate surface area is 121 Å².